The van der Waals surface area contributed by atoms with Gasteiger partial charge >= 0.3 is 0 Å². The van der Waals surface area contributed by atoms with E-state index in [2.05, 4.69) is 16.0 Å². The first-order chi connectivity index (χ1) is 14.0. The van der Waals surface area contributed by atoms with Gasteiger partial charge in [0.15, 0.2) is 5.69 Å². The molecule has 0 bridgehead atoms. The molecule has 150 valence electrons. The van der Waals surface area contributed by atoms with Crippen LogP contribution >= 0.6 is 0 Å². The molecule has 2 N–H and O–H groups in total. The fourth-order valence-electron chi connectivity index (χ4n) is 2.84. The number of hydrazine groups is 1. The van der Waals surface area contributed by atoms with E-state index in [9.17, 15) is 14.4 Å². The number of aromatic nitrogens is 2. The largest absolute Gasteiger partial charge is 0.497 e. The summed E-state index contributed by atoms with van der Waals surface area (Å²) in [6.45, 7) is 2.06. The molecule has 0 atom stereocenters. The Kier molecular flexibility index (Phi) is 5.77. The first kappa shape index (κ1) is 19.9. The summed E-state index contributed by atoms with van der Waals surface area (Å²) in [6.07, 6.45) is 0. The Bertz CT molecular complexity index is 1140. The Balaban J connectivity index is 1.86. The first-order valence-corrected chi connectivity index (χ1v) is 8.82. The van der Waals surface area contributed by atoms with Gasteiger partial charge in [0.05, 0.1) is 25.2 Å². The summed E-state index contributed by atoms with van der Waals surface area (Å²) in [5, 5.41) is 4.90. The highest BCUT2D eigenvalue weighted by Gasteiger charge is 2.18. The highest BCUT2D eigenvalue weighted by atomic mass is 16.5. The Morgan fingerprint density at radius 1 is 1.00 bits per heavy atom. The third-order valence-corrected chi connectivity index (χ3v) is 4.33. The van der Waals surface area contributed by atoms with Gasteiger partial charge in [-0.15, -0.1) is 0 Å². The van der Waals surface area contributed by atoms with Gasteiger partial charge in [-0.3, -0.25) is 25.2 Å². The molecule has 0 aliphatic carbocycles. The molecule has 9 nitrogen and oxygen atoms in total. The number of benzene rings is 2. The molecule has 0 saturated carbocycles. The molecule has 3 aromatic rings. The van der Waals surface area contributed by atoms with Gasteiger partial charge in [-0.25, -0.2) is 4.68 Å². The Hall–Kier alpha value is -3.88. The number of hydrogen-bond acceptors (Lipinski definition) is 6. The minimum absolute atomic E-state index is 0.0315. The van der Waals surface area contributed by atoms with Crippen molar-refractivity contribution >= 4 is 22.6 Å². The molecule has 2 aromatic carbocycles. The second-order valence-electron chi connectivity index (χ2n) is 5.99. The molecule has 3 rings (SSSR count). The molecule has 29 heavy (non-hydrogen) atoms. The van der Waals surface area contributed by atoms with E-state index in [1.807, 2.05) is 0 Å². The summed E-state index contributed by atoms with van der Waals surface area (Å²) in [6, 6.07) is 11.4. The van der Waals surface area contributed by atoms with E-state index in [4.69, 9.17) is 9.47 Å². The molecule has 1 aromatic heterocycles. The predicted octanol–water partition coefficient (Wildman–Crippen LogP) is 1.51. The maximum atomic E-state index is 12.7. The van der Waals surface area contributed by atoms with E-state index in [-0.39, 0.29) is 16.8 Å². The number of carbonyl (C=O) groups is 2. The molecule has 0 saturated heterocycles. The second-order valence-corrected chi connectivity index (χ2v) is 5.99. The third kappa shape index (κ3) is 3.88. The van der Waals surface area contributed by atoms with Crippen LogP contribution in [0.5, 0.6) is 11.5 Å². The van der Waals surface area contributed by atoms with Crippen LogP contribution in [0.15, 0.2) is 47.3 Å². The van der Waals surface area contributed by atoms with Crippen LogP contribution in [-0.2, 0) is 6.54 Å². The van der Waals surface area contributed by atoms with Crippen LogP contribution in [-0.4, -0.2) is 35.8 Å². The minimum atomic E-state index is -0.649. The van der Waals surface area contributed by atoms with E-state index < -0.39 is 11.8 Å². The van der Waals surface area contributed by atoms with Gasteiger partial charge in [0.25, 0.3) is 17.4 Å². The Labute approximate surface area is 166 Å². The van der Waals surface area contributed by atoms with Crippen molar-refractivity contribution < 1.29 is 19.1 Å². The number of nitrogens with zero attached hydrogens (tertiary/aromatic N) is 2. The van der Waals surface area contributed by atoms with Gasteiger partial charge in [-0.1, -0.05) is 18.2 Å². The highest BCUT2D eigenvalue weighted by Crippen LogP contribution is 2.24. The van der Waals surface area contributed by atoms with Crippen LogP contribution in [0.1, 0.15) is 27.8 Å². The lowest BCUT2D eigenvalue weighted by Gasteiger charge is -2.12. The molecule has 9 heteroatoms. The number of amides is 2. The van der Waals surface area contributed by atoms with Crippen molar-refractivity contribution in [1.29, 1.82) is 0 Å². The molecular formula is C20H20N4O5. The minimum Gasteiger partial charge on any atom is -0.497 e. The maximum Gasteiger partial charge on any atom is 0.290 e. The van der Waals surface area contributed by atoms with Gasteiger partial charge in [0.1, 0.15) is 11.5 Å². The zero-order valence-electron chi connectivity index (χ0n) is 16.2. The smallest absolute Gasteiger partial charge is 0.290 e. The summed E-state index contributed by atoms with van der Waals surface area (Å²) in [4.78, 5) is 37.5. The first-order valence-electron chi connectivity index (χ1n) is 8.82. The Morgan fingerprint density at radius 3 is 2.34 bits per heavy atom. The van der Waals surface area contributed by atoms with Crippen molar-refractivity contribution in [3.63, 3.8) is 0 Å². The van der Waals surface area contributed by atoms with Crippen molar-refractivity contribution in [3.8, 4) is 11.5 Å². The molecule has 0 aliphatic heterocycles. The van der Waals surface area contributed by atoms with E-state index in [1.54, 1.807) is 43.3 Å². The topological polar surface area (TPSA) is 112 Å². The lowest BCUT2D eigenvalue weighted by atomic mass is 10.1. The number of fused-ring (bicyclic) bond motifs is 1. The second kappa shape index (κ2) is 8.42. The predicted molar refractivity (Wildman–Crippen MR) is 106 cm³/mol. The SMILES string of the molecule is CCn1nc(C(=O)NNC(=O)c2ccc(OC)cc2OC)c2ccccc2c1=O. The van der Waals surface area contributed by atoms with Gasteiger partial charge in [0, 0.05) is 18.0 Å². The summed E-state index contributed by atoms with van der Waals surface area (Å²) in [7, 11) is 2.93. The zero-order chi connectivity index (χ0) is 21.0. The number of hydrogen-bond donors (Lipinski definition) is 2. The maximum absolute atomic E-state index is 12.7. The normalized spacial score (nSPS) is 10.4. The zero-order valence-corrected chi connectivity index (χ0v) is 16.2. The van der Waals surface area contributed by atoms with E-state index in [0.29, 0.717) is 28.8 Å². The average Bonchev–Trinajstić information content (AvgIpc) is 2.77. The van der Waals surface area contributed by atoms with E-state index in [0.717, 1.165) is 0 Å². The average molecular weight is 396 g/mol. The number of ether oxygens (including phenoxy) is 2. The number of aryl methyl sites for hydroxylation is 1. The van der Waals surface area contributed by atoms with Crippen molar-refractivity contribution in [3.05, 3.63) is 64.1 Å². The van der Waals surface area contributed by atoms with Crippen LogP contribution in [0.4, 0.5) is 0 Å². The van der Waals surface area contributed by atoms with Crippen molar-refractivity contribution in [2.24, 2.45) is 0 Å². The highest BCUT2D eigenvalue weighted by molar-refractivity contribution is 6.06. The molecule has 0 radical (unpaired) electrons. The Morgan fingerprint density at radius 2 is 1.69 bits per heavy atom. The summed E-state index contributed by atoms with van der Waals surface area (Å²) in [5.41, 5.74) is 4.64. The van der Waals surface area contributed by atoms with Crippen LogP contribution in [0, 0.1) is 0 Å². The van der Waals surface area contributed by atoms with Crippen LogP contribution in [0.2, 0.25) is 0 Å². The molecule has 0 aliphatic rings. The molecule has 2 amide bonds. The molecule has 0 unspecified atom stereocenters. The van der Waals surface area contributed by atoms with Crippen LogP contribution in [0.3, 0.4) is 0 Å². The van der Waals surface area contributed by atoms with Gasteiger partial charge in [-0.05, 0) is 25.1 Å². The quantitative estimate of drug-likeness (QED) is 0.633. The number of carbonyl (C=O) groups excluding carboxylic acids is 2. The lowest BCUT2D eigenvalue weighted by molar-refractivity contribution is 0.0842. The van der Waals surface area contributed by atoms with E-state index >= 15 is 0 Å². The van der Waals surface area contributed by atoms with Crippen molar-refractivity contribution in [1.82, 2.24) is 20.6 Å². The molecule has 1 heterocycles. The van der Waals surface area contributed by atoms with Crippen LogP contribution in [0.25, 0.3) is 10.8 Å². The summed E-state index contributed by atoms with van der Waals surface area (Å²) in [5.74, 6) is -0.408. The van der Waals surface area contributed by atoms with Gasteiger partial charge in [-0.2, -0.15) is 5.10 Å². The summed E-state index contributed by atoms with van der Waals surface area (Å²) >= 11 is 0. The van der Waals surface area contributed by atoms with Crippen molar-refractivity contribution in [2.75, 3.05) is 14.2 Å². The number of nitrogens with one attached hydrogen (secondary N) is 2. The third-order valence-electron chi connectivity index (χ3n) is 4.33. The fraction of sp³-hybridized carbons (Fsp3) is 0.200. The molecule has 0 spiro atoms. The van der Waals surface area contributed by atoms with Gasteiger partial charge in [0.2, 0.25) is 0 Å². The standard InChI is InChI=1S/C20H20N4O5/c1-4-24-20(27)14-8-6-5-7-13(14)17(23-24)19(26)22-21-18(25)15-10-9-12(28-2)11-16(15)29-3/h5-11H,4H2,1-3H3,(H,21,25)(H,22,26). The van der Waals surface area contributed by atoms with Crippen molar-refractivity contribution in [2.45, 2.75) is 13.5 Å². The lowest BCUT2D eigenvalue weighted by Crippen LogP contribution is -2.43. The number of methoxy groups -OCH3 is 2. The number of rotatable bonds is 5. The van der Waals surface area contributed by atoms with E-state index in [1.165, 1.54) is 25.0 Å². The monoisotopic (exact) mass is 396 g/mol. The van der Waals surface area contributed by atoms with Crippen LogP contribution < -0.4 is 25.9 Å². The van der Waals surface area contributed by atoms with Gasteiger partial charge < -0.3 is 9.47 Å². The molecular weight excluding hydrogens is 376 g/mol. The molecule has 0 fully saturated rings. The fourth-order valence-corrected chi connectivity index (χ4v) is 2.84. The summed E-state index contributed by atoms with van der Waals surface area (Å²) < 4.78 is 11.5.